The fraction of sp³-hybridized carbons (Fsp3) is 0.619. The smallest absolute Gasteiger partial charge is 0.325 e. The van der Waals surface area contributed by atoms with Gasteiger partial charge in [0.2, 0.25) is 6.41 Å². The number of para-hydroxylation sites is 1. The molecule has 0 aromatic heterocycles. The number of nitrogens with two attached hydrogens (primary N) is 1. The van der Waals surface area contributed by atoms with Gasteiger partial charge in [-0.25, -0.2) is 0 Å². The summed E-state index contributed by atoms with van der Waals surface area (Å²) in [5.74, 6) is -0.465. The number of hydrogen-bond acceptors (Lipinski definition) is 5. The van der Waals surface area contributed by atoms with Gasteiger partial charge in [0, 0.05) is 11.2 Å². The Balaban J connectivity index is 0.000000527. The van der Waals surface area contributed by atoms with E-state index >= 15 is 0 Å². The largest absolute Gasteiger partial charge is 0.468 e. The Kier molecular flexibility index (Phi) is 10.7. The number of carbonyl (C=O) groups excluding carboxylic acids is 2. The van der Waals surface area contributed by atoms with E-state index in [-0.39, 0.29) is 6.54 Å². The highest BCUT2D eigenvalue weighted by Crippen LogP contribution is 2.34. The molecule has 1 heterocycles. The van der Waals surface area contributed by atoms with Crippen LogP contribution in [-0.2, 0) is 19.9 Å². The molecule has 0 spiro atoms. The molecule has 2 rings (SSSR count). The van der Waals surface area contributed by atoms with Crippen LogP contribution in [0.25, 0.3) is 0 Å². The summed E-state index contributed by atoms with van der Waals surface area (Å²) in [4.78, 5) is 24.2. The number of piperidine rings is 1. The van der Waals surface area contributed by atoms with E-state index in [0.29, 0.717) is 12.1 Å². The summed E-state index contributed by atoms with van der Waals surface area (Å²) in [6.07, 6.45) is 7.75. The van der Waals surface area contributed by atoms with Crippen LogP contribution >= 0.6 is 0 Å². The van der Waals surface area contributed by atoms with Crippen molar-refractivity contribution in [1.29, 1.82) is 0 Å². The molecule has 1 aliphatic heterocycles. The second kappa shape index (κ2) is 12.5. The molecule has 27 heavy (non-hydrogen) atoms. The van der Waals surface area contributed by atoms with Gasteiger partial charge in [-0.1, -0.05) is 57.7 Å². The number of rotatable bonds is 8. The lowest BCUT2D eigenvalue weighted by molar-refractivity contribution is -0.139. The van der Waals surface area contributed by atoms with E-state index in [4.69, 9.17) is 5.73 Å². The summed E-state index contributed by atoms with van der Waals surface area (Å²) in [6.45, 7) is 6.02. The molecule has 0 aliphatic carbocycles. The molecule has 0 unspecified atom stereocenters. The number of anilines is 1. The molecule has 1 aromatic carbocycles. The maximum absolute atomic E-state index is 11.5. The highest BCUT2D eigenvalue weighted by molar-refractivity contribution is 5.87. The average Bonchev–Trinajstić information content (AvgIpc) is 2.71. The minimum absolute atomic E-state index is 0.120. The molecule has 152 valence electrons. The number of nitrogens with zero attached hydrogens (tertiary/aromatic N) is 1. The highest BCUT2D eigenvalue weighted by Gasteiger charge is 2.32. The molecule has 1 aromatic rings. The fourth-order valence-electron chi connectivity index (χ4n) is 3.17. The van der Waals surface area contributed by atoms with Gasteiger partial charge in [-0.05, 0) is 37.6 Å². The van der Waals surface area contributed by atoms with Crippen LogP contribution in [0.3, 0.4) is 0 Å². The molecule has 3 N–H and O–H groups in total. The first-order valence-corrected chi connectivity index (χ1v) is 9.90. The number of unbranched alkanes of at least 4 members (excludes halogenated alkanes) is 3. The third-order valence-corrected chi connectivity index (χ3v) is 4.86. The van der Waals surface area contributed by atoms with Crippen molar-refractivity contribution >= 4 is 18.1 Å². The Bertz CT molecular complexity index is 568. The van der Waals surface area contributed by atoms with E-state index in [1.54, 1.807) is 0 Å². The lowest BCUT2D eigenvalue weighted by Crippen LogP contribution is -2.47. The average molecular weight is 378 g/mol. The lowest BCUT2D eigenvalue weighted by Gasteiger charge is -2.37. The Morgan fingerprint density at radius 1 is 1.22 bits per heavy atom. The number of amides is 1. The van der Waals surface area contributed by atoms with Crippen molar-refractivity contribution in [2.45, 2.75) is 57.9 Å². The van der Waals surface area contributed by atoms with Gasteiger partial charge in [-0.3, -0.25) is 9.59 Å². The number of hydrogen-bond donors (Lipinski definition) is 2. The molecule has 0 saturated carbocycles. The molecule has 1 fully saturated rings. The minimum Gasteiger partial charge on any atom is -0.468 e. The number of esters is 1. The first-order valence-electron chi connectivity index (χ1n) is 9.90. The molecule has 6 heteroatoms. The van der Waals surface area contributed by atoms with Crippen molar-refractivity contribution in [2.24, 2.45) is 5.73 Å². The van der Waals surface area contributed by atoms with Gasteiger partial charge in [0.1, 0.15) is 6.54 Å². The Morgan fingerprint density at radius 2 is 1.81 bits per heavy atom. The van der Waals surface area contributed by atoms with Crippen molar-refractivity contribution in [3.8, 4) is 0 Å². The van der Waals surface area contributed by atoms with Gasteiger partial charge in [0.25, 0.3) is 0 Å². The van der Waals surface area contributed by atoms with Crippen LogP contribution in [0.2, 0.25) is 0 Å². The molecule has 1 saturated heterocycles. The second-order valence-corrected chi connectivity index (χ2v) is 6.94. The summed E-state index contributed by atoms with van der Waals surface area (Å²) < 4.78 is 4.63. The van der Waals surface area contributed by atoms with Crippen molar-refractivity contribution < 1.29 is 14.3 Å². The van der Waals surface area contributed by atoms with Crippen LogP contribution in [0.1, 0.15) is 57.9 Å². The van der Waals surface area contributed by atoms with Crippen LogP contribution < -0.4 is 16.0 Å². The van der Waals surface area contributed by atoms with E-state index in [1.165, 1.54) is 37.7 Å². The SMILES string of the molecule is CCCCCC.COC(=O)CN(C=O)c1ccccc1C1(N)CCNCC1. The third kappa shape index (κ3) is 7.31. The van der Waals surface area contributed by atoms with Crippen LogP contribution in [-0.4, -0.2) is 39.1 Å². The number of nitrogens with one attached hydrogen (secondary N) is 1. The van der Waals surface area contributed by atoms with E-state index in [0.717, 1.165) is 31.5 Å². The van der Waals surface area contributed by atoms with Gasteiger partial charge in [-0.15, -0.1) is 0 Å². The molecule has 1 amide bonds. The van der Waals surface area contributed by atoms with Crippen LogP contribution in [0.4, 0.5) is 5.69 Å². The van der Waals surface area contributed by atoms with Gasteiger partial charge in [0.05, 0.1) is 7.11 Å². The van der Waals surface area contributed by atoms with E-state index in [2.05, 4.69) is 23.9 Å². The first kappa shape index (κ1) is 23.1. The fourth-order valence-corrected chi connectivity index (χ4v) is 3.17. The maximum Gasteiger partial charge on any atom is 0.325 e. The molecule has 0 atom stereocenters. The zero-order chi connectivity index (χ0) is 20.1. The van der Waals surface area contributed by atoms with Crippen LogP contribution in [0.15, 0.2) is 24.3 Å². The number of carbonyl (C=O) groups is 2. The molecule has 1 aliphatic rings. The number of benzene rings is 1. The minimum atomic E-state index is -0.487. The molecular weight excluding hydrogens is 342 g/mol. The lowest BCUT2D eigenvalue weighted by atomic mass is 9.81. The topological polar surface area (TPSA) is 84.7 Å². The normalized spacial score (nSPS) is 15.3. The third-order valence-electron chi connectivity index (χ3n) is 4.86. The van der Waals surface area contributed by atoms with E-state index in [9.17, 15) is 9.59 Å². The van der Waals surface area contributed by atoms with Crippen molar-refractivity contribution in [3.63, 3.8) is 0 Å². The maximum atomic E-state index is 11.5. The van der Waals surface area contributed by atoms with Crippen molar-refractivity contribution in [2.75, 3.05) is 31.6 Å². The quantitative estimate of drug-likeness (QED) is 0.413. The summed E-state index contributed by atoms with van der Waals surface area (Å²) in [5.41, 5.74) is 7.61. The highest BCUT2D eigenvalue weighted by atomic mass is 16.5. The van der Waals surface area contributed by atoms with Crippen LogP contribution in [0.5, 0.6) is 0 Å². The zero-order valence-corrected chi connectivity index (χ0v) is 17.0. The van der Waals surface area contributed by atoms with E-state index < -0.39 is 11.5 Å². The standard InChI is InChI=1S/C15H21N3O3.C6H14/c1-21-14(20)10-18(11-19)13-5-3-2-4-12(13)15(16)6-8-17-9-7-15;1-3-5-6-4-2/h2-5,11,17H,6-10,16H2,1H3;3-6H2,1-2H3. The number of methoxy groups -OCH3 is 1. The predicted octanol–water partition coefficient (Wildman–Crippen LogP) is 2.95. The molecule has 6 nitrogen and oxygen atoms in total. The Morgan fingerprint density at radius 3 is 2.33 bits per heavy atom. The Hall–Kier alpha value is -1.92. The van der Waals surface area contributed by atoms with Crippen LogP contribution in [0, 0.1) is 0 Å². The summed E-state index contributed by atoms with van der Waals surface area (Å²) >= 11 is 0. The summed E-state index contributed by atoms with van der Waals surface area (Å²) in [6, 6.07) is 7.46. The summed E-state index contributed by atoms with van der Waals surface area (Å²) in [7, 11) is 1.30. The predicted molar refractivity (Wildman–Crippen MR) is 110 cm³/mol. The van der Waals surface area contributed by atoms with Crippen molar-refractivity contribution in [3.05, 3.63) is 29.8 Å². The molecule has 0 radical (unpaired) electrons. The molecule has 0 bridgehead atoms. The van der Waals surface area contributed by atoms with Gasteiger partial charge >= 0.3 is 5.97 Å². The van der Waals surface area contributed by atoms with Gasteiger partial charge in [-0.2, -0.15) is 0 Å². The first-order chi connectivity index (χ1) is 13.0. The monoisotopic (exact) mass is 377 g/mol. The Labute approximate surface area is 163 Å². The van der Waals surface area contributed by atoms with Gasteiger partial charge < -0.3 is 20.7 Å². The second-order valence-electron chi connectivity index (χ2n) is 6.94. The van der Waals surface area contributed by atoms with Gasteiger partial charge in [0.15, 0.2) is 0 Å². The summed E-state index contributed by atoms with van der Waals surface area (Å²) in [5, 5.41) is 3.28. The van der Waals surface area contributed by atoms with E-state index in [1.807, 2.05) is 24.3 Å². The zero-order valence-electron chi connectivity index (χ0n) is 17.0. The number of ether oxygens (including phenoxy) is 1. The van der Waals surface area contributed by atoms with Crippen molar-refractivity contribution in [1.82, 2.24) is 5.32 Å². The molecular formula is C21H35N3O3.